The average Bonchev–Trinajstić information content (AvgIpc) is 2.87. The molecule has 0 aliphatic carbocycles. The Morgan fingerprint density at radius 2 is 2.42 bits per heavy atom. The minimum atomic E-state index is -0.294. The molecule has 2 heterocycles. The maximum Gasteiger partial charge on any atom is 0.243 e. The molecule has 2 atom stereocenters. The van der Waals surface area contributed by atoms with E-state index in [2.05, 4.69) is 12.2 Å². The standard InChI is InChI=1S/C13H22N2O3S/c1-3-18-8-4-7-14-12(17)10-9-19-13(2)6-5-11(16)15(10)13/h10H,3-9H2,1-2H3,(H,14,17). The van der Waals surface area contributed by atoms with Crippen LogP contribution in [-0.2, 0) is 14.3 Å². The molecule has 0 aromatic rings. The molecule has 0 spiro atoms. The predicted octanol–water partition coefficient (Wildman–Crippen LogP) is 0.983. The van der Waals surface area contributed by atoms with Gasteiger partial charge in [0.2, 0.25) is 11.8 Å². The number of carbonyl (C=O) groups is 2. The second-order valence-corrected chi connectivity index (χ2v) is 6.61. The first-order chi connectivity index (χ1) is 9.08. The fraction of sp³-hybridized carbons (Fsp3) is 0.846. The molecular formula is C13H22N2O3S. The highest BCUT2D eigenvalue weighted by atomic mass is 32.2. The van der Waals surface area contributed by atoms with Gasteiger partial charge in [0.05, 0.1) is 4.87 Å². The summed E-state index contributed by atoms with van der Waals surface area (Å²) in [6.07, 6.45) is 2.23. The van der Waals surface area contributed by atoms with Crippen LogP contribution in [0.3, 0.4) is 0 Å². The van der Waals surface area contributed by atoms with E-state index in [1.54, 1.807) is 16.7 Å². The molecule has 2 amide bonds. The van der Waals surface area contributed by atoms with Crippen LogP contribution in [0.1, 0.15) is 33.1 Å². The number of nitrogens with zero attached hydrogens (tertiary/aromatic N) is 1. The van der Waals surface area contributed by atoms with Crippen LogP contribution < -0.4 is 5.32 Å². The van der Waals surface area contributed by atoms with Crippen molar-refractivity contribution >= 4 is 23.6 Å². The van der Waals surface area contributed by atoms with E-state index in [4.69, 9.17) is 4.74 Å². The molecule has 2 aliphatic heterocycles. The van der Waals surface area contributed by atoms with Crippen molar-refractivity contribution in [3.63, 3.8) is 0 Å². The molecular weight excluding hydrogens is 264 g/mol. The maximum absolute atomic E-state index is 12.1. The fourth-order valence-electron chi connectivity index (χ4n) is 2.66. The molecule has 19 heavy (non-hydrogen) atoms. The summed E-state index contributed by atoms with van der Waals surface area (Å²) in [5, 5.41) is 2.91. The highest BCUT2D eigenvalue weighted by molar-refractivity contribution is 8.01. The highest BCUT2D eigenvalue weighted by Crippen LogP contribution is 2.47. The molecule has 2 fully saturated rings. The molecule has 1 N–H and O–H groups in total. The summed E-state index contributed by atoms with van der Waals surface area (Å²) in [6, 6.07) is -0.294. The second-order valence-electron chi connectivity index (χ2n) is 5.11. The number of ether oxygens (including phenoxy) is 1. The number of carbonyl (C=O) groups excluding carboxylic acids is 2. The number of nitrogens with one attached hydrogen (secondary N) is 1. The third kappa shape index (κ3) is 3.05. The van der Waals surface area contributed by atoms with Crippen LogP contribution in [0.2, 0.25) is 0 Å². The van der Waals surface area contributed by atoms with Crippen molar-refractivity contribution in [2.75, 3.05) is 25.5 Å². The molecule has 2 aliphatic rings. The molecule has 108 valence electrons. The van der Waals surface area contributed by atoms with Crippen LogP contribution in [0.5, 0.6) is 0 Å². The maximum atomic E-state index is 12.1. The molecule has 5 nitrogen and oxygen atoms in total. The van der Waals surface area contributed by atoms with Crippen molar-refractivity contribution < 1.29 is 14.3 Å². The summed E-state index contributed by atoms with van der Waals surface area (Å²) in [4.78, 5) is 25.7. The summed E-state index contributed by atoms with van der Waals surface area (Å²) >= 11 is 1.72. The van der Waals surface area contributed by atoms with Gasteiger partial charge in [0.15, 0.2) is 0 Å². The van der Waals surface area contributed by atoms with Crippen LogP contribution >= 0.6 is 11.8 Å². The van der Waals surface area contributed by atoms with Gasteiger partial charge in [-0.05, 0) is 26.7 Å². The van der Waals surface area contributed by atoms with Crippen LogP contribution in [0.25, 0.3) is 0 Å². The van der Waals surface area contributed by atoms with Gasteiger partial charge in [0.1, 0.15) is 6.04 Å². The summed E-state index contributed by atoms with van der Waals surface area (Å²) < 4.78 is 5.22. The van der Waals surface area contributed by atoms with E-state index >= 15 is 0 Å². The molecule has 0 bridgehead atoms. The van der Waals surface area contributed by atoms with Crippen LogP contribution in [0, 0.1) is 0 Å². The van der Waals surface area contributed by atoms with Gasteiger partial charge in [-0.3, -0.25) is 9.59 Å². The first kappa shape index (κ1) is 14.7. The average molecular weight is 286 g/mol. The van der Waals surface area contributed by atoms with Crippen LogP contribution in [0.15, 0.2) is 0 Å². The van der Waals surface area contributed by atoms with Crippen molar-refractivity contribution in [1.82, 2.24) is 10.2 Å². The van der Waals surface area contributed by atoms with Crippen molar-refractivity contribution in [2.45, 2.75) is 44.0 Å². The summed E-state index contributed by atoms with van der Waals surface area (Å²) in [6.45, 7) is 5.99. The minimum absolute atomic E-state index is 0.0250. The zero-order valence-electron chi connectivity index (χ0n) is 11.6. The zero-order chi connectivity index (χ0) is 13.9. The Morgan fingerprint density at radius 1 is 1.63 bits per heavy atom. The number of thioether (sulfide) groups is 1. The van der Waals surface area contributed by atoms with Crippen LogP contribution in [0.4, 0.5) is 0 Å². The monoisotopic (exact) mass is 286 g/mol. The quantitative estimate of drug-likeness (QED) is 0.740. The van der Waals surface area contributed by atoms with E-state index in [-0.39, 0.29) is 22.7 Å². The Bertz CT molecular complexity index is 364. The van der Waals surface area contributed by atoms with Gasteiger partial charge in [-0.25, -0.2) is 0 Å². The summed E-state index contributed by atoms with van der Waals surface area (Å²) in [5.74, 6) is 0.796. The van der Waals surface area contributed by atoms with Gasteiger partial charge in [-0.1, -0.05) is 0 Å². The van der Waals surface area contributed by atoms with Gasteiger partial charge < -0.3 is 15.0 Å². The van der Waals surface area contributed by atoms with Gasteiger partial charge in [0.25, 0.3) is 0 Å². The smallest absolute Gasteiger partial charge is 0.243 e. The summed E-state index contributed by atoms with van der Waals surface area (Å²) in [7, 11) is 0. The molecule has 6 heteroatoms. The molecule has 2 rings (SSSR count). The van der Waals surface area contributed by atoms with Gasteiger partial charge in [0, 0.05) is 31.9 Å². The molecule has 0 saturated carbocycles. The molecule has 2 unspecified atom stereocenters. The molecule has 0 aromatic carbocycles. The van der Waals surface area contributed by atoms with E-state index in [1.165, 1.54) is 0 Å². The largest absolute Gasteiger partial charge is 0.382 e. The van der Waals surface area contributed by atoms with E-state index in [0.717, 1.165) is 12.8 Å². The number of rotatable bonds is 6. The van der Waals surface area contributed by atoms with Crippen molar-refractivity contribution in [1.29, 1.82) is 0 Å². The Morgan fingerprint density at radius 3 is 3.16 bits per heavy atom. The number of fused-ring (bicyclic) bond motifs is 1. The normalized spacial score (nSPS) is 29.7. The van der Waals surface area contributed by atoms with E-state index in [0.29, 0.717) is 31.9 Å². The molecule has 0 radical (unpaired) electrons. The predicted molar refractivity (Wildman–Crippen MR) is 74.9 cm³/mol. The number of hydrogen-bond acceptors (Lipinski definition) is 4. The lowest BCUT2D eigenvalue weighted by Gasteiger charge is -2.29. The number of amides is 2. The number of hydrogen-bond donors (Lipinski definition) is 1. The molecule has 0 aromatic heterocycles. The van der Waals surface area contributed by atoms with Crippen molar-refractivity contribution in [2.24, 2.45) is 0 Å². The Kier molecular flexibility index (Phi) is 4.73. The Hall–Kier alpha value is -0.750. The third-order valence-electron chi connectivity index (χ3n) is 3.72. The molecule has 2 saturated heterocycles. The third-order valence-corrected chi connectivity index (χ3v) is 5.22. The van der Waals surface area contributed by atoms with Gasteiger partial charge in [-0.2, -0.15) is 0 Å². The van der Waals surface area contributed by atoms with Crippen molar-refractivity contribution in [3.05, 3.63) is 0 Å². The van der Waals surface area contributed by atoms with Gasteiger partial charge >= 0.3 is 0 Å². The fourth-order valence-corrected chi connectivity index (χ4v) is 4.09. The lowest BCUT2D eigenvalue weighted by Crippen LogP contribution is -2.50. The van der Waals surface area contributed by atoms with E-state index in [9.17, 15) is 9.59 Å². The lowest BCUT2D eigenvalue weighted by atomic mass is 10.2. The highest BCUT2D eigenvalue weighted by Gasteiger charge is 2.52. The Labute approximate surface area is 118 Å². The van der Waals surface area contributed by atoms with E-state index < -0.39 is 0 Å². The lowest BCUT2D eigenvalue weighted by molar-refractivity contribution is -0.137. The topological polar surface area (TPSA) is 58.6 Å². The Balaban J connectivity index is 1.81. The minimum Gasteiger partial charge on any atom is -0.382 e. The first-order valence-electron chi connectivity index (χ1n) is 6.90. The van der Waals surface area contributed by atoms with Gasteiger partial charge in [-0.15, -0.1) is 11.8 Å². The van der Waals surface area contributed by atoms with Crippen molar-refractivity contribution in [3.8, 4) is 0 Å². The second kappa shape index (κ2) is 6.13. The van der Waals surface area contributed by atoms with E-state index in [1.807, 2.05) is 6.92 Å². The first-order valence-corrected chi connectivity index (χ1v) is 7.88. The SMILES string of the molecule is CCOCCCNC(=O)C1CSC2(C)CCC(=O)N12. The summed E-state index contributed by atoms with van der Waals surface area (Å²) in [5.41, 5.74) is 0. The van der Waals surface area contributed by atoms with Crippen LogP contribution in [-0.4, -0.2) is 53.1 Å². The zero-order valence-corrected chi connectivity index (χ0v) is 12.4.